The lowest BCUT2D eigenvalue weighted by atomic mass is 10.1. The molecule has 1 aliphatic carbocycles. The minimum Gasteiger partial charge on any atom is -0.376 e. The summed E-state index contributed by atoms with van der Waals surface area (Å²) in [6.45, 7) is 9.79. The van der Waals surface area contributed by atoms with Gasteiger partial charge in [-0.25, -0.2) is 0 Å². The van der Waals surface area contributed by atoms with Gasteiger partial charge in [-0.05, 0) is 25.7 Å². The molecule has 0 fully saturated rings. The molecule has 0 radical (unpaired) electrons. The first-order valence-corrected chi connectivity index (χ1v) is 6.75. The highest BCUT2D eigenvalue weighted by atomic mass is 16.5. The van der Waals surface area contributed by atoms with E-state index < -0.39 is 0 Å². The van der Waals surface area contributed by atoms with Crippen molar-refractivity contribution in [2.45, 2.75) is 52.4 Å². The van der Waals surface area contributed by atoms with Crippen molar-refractivity contribution < 1.29 is 4.74 Å². The highest BCUT2D eigenvalue weighted by Gasteiger charge is 2.34. The summed E-state index contributed by atoms with van der Waals surface area (Å²) in [7, 11) is 0. The van der Waals surface area contributed by atoms with Crippen LogP contribution in [0.25, 0.3) is 0 Å². The molecule has 0 heterocycles. The molecule has 0 aliphatic heterocycles. The largest absolute Gasteiger partial charge is 0.376 e. The first-order chi connectivity index (χ1) is 7.85. The quantitative estimate of drug-likeness (QED) is 0.391. The molecule has 0 N–H and O–H groups in total. The molecule has 0 aromatic carbocycles. The molecule has 0 aromatic heterocycles. The van der Waals surface area contributed by atoms with Crippen LogP contribution < -0.4 is 0 Å². The van der Waals surface area contributed by atoms with Gasteiger partial charge < -0.3 is 4.74 Å². The molecule has 0 atom stereocenters. The van der Waals surface area contributed by atoms with E-state index in [4.69, 9.17) is 4.74 Å². The number of rotatable bonds is 10. The van der Waals surface area contributed by atoms with Crippen molar-refractivity contribution in [3.63, 3.8) is 0 Å². The summed E-state index contributed by atoms with van der Waals surface area (Å²) in [5, 5.41) is 0. The van der Waals surface area contributed by atoms with Gasteiger partial charge in [0.2, 0.25) is 0 Å². The van der Waals surface area contributed by atoms with Crippen molar-refractivity contribution >= 4 is 0 Å². The van der Waals surface area contributed by atoms with Gasteiger partial charge in [-0.2, -0.15) is 0 Å². The Morgan fingerprint density at radius 3 is 2.12 bits per heavy atom. The zero-order chi connectivity index (χ0) is 11.8. The molecule has 1 aliphatic rings. The second kappa shape index (κ2) is 7.67. The van der Waals surface area contributed by atoms with Gasteiger partial charge in [-0.3, -0.25) is 0 Å². The summed E-state index contributed by atoms with van der Waals surface area (Å²) in [5.74, 6) is 0.693. The van der Waals surface area contributed by atoms with Crippen LogP contribution in [0, 0.1) is 5.92 Å². The lowest BCUT2D eigenvalue weighted by molar-refractivity contribution is 0.153. The second-order valence-electron chi connectivity index (χ2n) is 4.64. The van der Waals surface area contributed by atoms with E-state index in [1.165, 1.54) is 38.5 Å². The van der Waals surface area contributed by atoms with Crippen LogP contribution in [0.3, 0.4) is 0 Å². The molecule has 0 aromatic rings. The fourth-order valence-corrected chi connectivity index (χ4v) is 2.25. The smallest absolute Gasteiger partial charge is 0.0645 e. The van der Waals surface area contributed by atoms with E-state index >= 15 is 0 Å². The number of hydrogen-bond acceptors (Lipinski definition) is 1. The maximum absolute atomic E-state index is 5.57. The monoisotopic (exact) mass is 222 g/mol. The van der Waals surface area contributed by atoms with Gasteiger partial charge in [-0.15, -0.1) is 6.58 Å². The van der Waals surface area contributed by atoms with E-state index in [0.717, 1.165) is 6.61 Å². The normalized spacial score (nSPS) is 15.6. The van der Waals surface area contributed by atoms with Crippen LogP contribution in [-0.2, 0) is 4.74 Å². The van der Waals surface area contributed by atoms with Crippen LogP contribution >= 0.6 is 0 Å². The predicted octanol–water partition coefficient (Wildman–Crippen LogP) is 4.50. The topological polar surface area (TPSA) is 9.23 Å². The maximum atomic E-state index is 5.57. The Balaban J connectivity index is 2.27. The summed E-state index contributed by atoms with van der Waals surface area (Å²) in [5.41, 5.74) is 3.42. The van der Waals surface area contributed by atoms with E-state index in [-0.39, 0.29) is 0 Å². The molecule has 0 saturated heterocycles. The fourth-order valence-electron chi connectivity index (χ4n) is 2.25. The van der Waals surface area contributed by atoms with Crippen molar-refractivity contribution in [1.29, 1.82) is 0 Å². The Labute approximate surface area is 101 Å². The minimum atomic E-state index is 0.693. The zero-order valence-electron chi connectivity index (χ0n) is 10.9. The number of unbranched alkanes of at least 4 members (excludes halogenated alkanes) is 2. The van der Waals surface area contributed by atoms with Crippen LogP contribution in [0.1, 0.15) is 52.4 Å². The standard InChI is InChI=1S/C15H26O/c1-4-7-9-13-14(10-8-5-2)15(13)12-16-11-6-3/h6,15H,3-5,7-12H2,1-2H3. The van der Waals surface area contributed by atoms with Gasteiger partial charge in [0.05, 0.1) is 13.2 Å². The van der Waals surface area contributed by atoms with Crippen LogP contribution in [0.15, 0.2) is 23.8 Å². The molecule has 0 amide bonds. The van der Waals surface area contributed by atoms with Crippen molar-refractivity contribution in [2.24, 2.45) is 5.92 Å². The van der Waals surface area contributed by atoms with Gasteiger partial charge in [0, 0.05) is 5.92 Å². The average molecular weight is 222 g/mol. The summed E-state index contributed by atoms with van der Waals surface area (Å²) in [6, 6.07) is 0. The third-order valence-electron chi connectivity index (χ3n) is 3.29. The summed E-state index contributed by atoms with van der Waals surface area (Å²) in [6.07, 6.45) is 9.70. The minimum absolute atomic E-state index is 0.693. The maximum Gasteiger partial charge on any atom is 0.0645 e. The van der Waals surface area contributed by atoms with Crippen LogP contribution in [0.2, 0.25) is 0 Å². The van der Waals surface area contributed by atoms with Crippen molar-refractivity contribution in [1.82, 2.24) is 0 Å². The zero-order valence-corrected chi connectivity index (χ0v) is 10.9. The molecule has 0 saturated carbocycles. The lowest BCUT2D eigenvalue weighted by Crippen LogP contribution is -2.00. The average Bonchev–Trinajstić information content (AvgIpc) is 2.96. The fraction of sp³-hybridized carbons (Fsp3) is 0.733. The van der Waals surface area contributed by atoms with E-state index in [9.17, 15) is 0 Å². The molecular weight excluding hydrogens is 196 g/mol. The molecule has 0 bridgehead atoms. The van der Waals surface area contributed by atoms with E-state index in [0.29, 0.717) is 12.5 Å². The van der Waals surface area contributed by atoms with Crippen molar-refractivity contribution in [3.8, 4) is 0 Å². The highest BCUT2D eigenvalue weighted by Crippen LogP contribution is 2.45. The third-order valence-corrected chi connectivity index (χ3v) is 3.29. The second-order valence-corrected chi connectivity index (χ2v) is 4.64. The predicted molar refractivity (Wildman–Crippen MR) is 70.6 cm³/mol. The Kier molecular flexibility index (Phi) is 6.47. The third kappa shape index (κ3) is 4.13. The molecule has 0 spiro atoms. The molecule has 0 unspecified atom stereocenters. The Bertz CT molecular complexity index is 222. The molecule has 1 rings (SSSR count). The summed E-state index contributed by atoms with van der Waals surface area (Å²) in [4.78, 5) is 0. The molecular formula is C15H26O. The number of hydrogen-bond donors (Lipinski definition) is 0. The highest BCUT2D eigenvalue weighted by molar-refractivity contribution is 5.41. The van der Waals surface area contributed by atoms with E-state index in [1.54, 1.807) is 11.1 Å². The van der Waals surface area contributed by atoms with Crippen LogP contribution in [-0.4, -0.2) is 13.2 Å². The van der Waals surface area contributed by atoms with Gasteiger partial charge in [0.15, 0.2) is 0 Å². The SMILES string of the molecule is C=CCOCC1C(CCCC)=C1CCCC. The van der Waals surface area contributed by atoms with E-state index in [1.807, 2.05) is 6.08 Å². The van der Waals surface area contributed by atoms with Gasteiger partial charge in [0.25, 0.3) is 0 Å². The molecule has 16 heavy (non-hydrogen) atoms. The Hall–Kier alpha value is -0.560. The first kappa shape index (κ1) is 13.5. The van der Waals surface area contributed by atoms with E-state index in [2.05, 4.69) is 20.4 Å². The first-order valence-electron chi connectivity index (χ1n) is 6.75. The van der Waals surface area contributed by atoms with Crippen LogP contribution in [0.5, 0.6) is 0 Å². The molecule has 92 valence electrons. The number of ether oxygens (including phenoxy) is 1. The summed E-state index contributed by atoms with van der Waals surface area (Å²) < 4.78 is 5.57. The van der Waals surface area contributed by atoms with Gasteiger partial charge in [0.1, 0.15) is 0 Å². The molecule has 1 nitrogen and oxygen atoms in total. The van der Waals surface area contributed by atoms with Crippen molar-refractivity contribution in [2.75, 3.05) is 13.2 Å². The van der Waals surface area contributed by atoms with Crippen molar-refractivity contribution in [3.05, 3.63) is 23.8 Å². The lowest BCUT2D eigenvalue weighted by Gasteiger charge is -2.02. The van der Waals surface area contributed by atoms with Gasteiger partial charge >= 0.3 is 0 Å². The van der Waals surface area contributed by atoms with Gasteiger partial charge in [-0.1, -0.05) is 43.9 Å². The Morgan fingerprint density at radius 2 is 1.69 bits per heavy atom. The Morgan fingerprint density at radius 1 is 1.12 bits per heavy atom. The molecule has 1 heteroatoms. The van der Waals surface area contributed by atoms with Crippen LogP contribution in [0.4, 0.5) is 0 Å². The summed E-state index contributed by atoms with van der Waals surface area (Å²) >= 11 is 0.